The monoisotopic (exact) mass is 383 g/mol. The zero-order valence-electron chi connectivity index (χ0n) is 15.7. The maximum atomic E-state index is 11.3. The van der Waals surface area contributed by atoms with E-state index in [4.69, 9.17) is 0 Å². The normalized spacial score (nSPS) is 11.3. The van der Waals surface area contributed by atoms with Crippen molar-refractivity contribution in [3.8, 4) is 16.9 Å². The van der Waals surface area contributed by atoms with Crippen LogP contribution in [0.3, 0.4) is 0 Å². The van der Waals surface area contributed by atoms with E-state index in [-0.39, 0.29) is 5.12 Å². The average Bonchev–Trinajstić information content (AvgIpc) is 3.07. The molecule has 0 radical (unpaired) electrons. The summed E-state index contributed by atoms with van der Waals surface area (Å²) in [7, 11) is 0. The number of hydrogen-bond donors (Lipinski definition) is 0. The van der Waals surface area contributed by atoms with Crippen molar-refractivity contribution in [2.24, 2.45) is 0 Å². The van der Waals surface area contributed by atoms with Crippen molar-refractivity contribution in [2.75, 3.05) is 5.75 Å². The molecule has 0 bridgehead atoms. The van der Waals surface area contributed by atoms with Crippen LogP contribution < -0.4 is 0 Å². The SMILES string of the molecule is CC(=O)SCC=Cc1c(-c2ccccc2)n(-c2ccccc2)c2ccccc12. The summed E-state index contributed by atoms with van der Waals surface area (Å²) in [6.07, 6.45) is 4.23. The number of aromatic nitrogens is 1. The van der Waals surface area contributed by atoms with Crippen LogP contribution in [0.25, 0.3) is 33.9 Å². The molecule has 3 aromatic carbocycles. The average molecular weight is 384 g/mol. The van der Waals surface area contributed by atoms with Gasteiger partial charge < -0.3 is 4.57 Å². The Bertz CT molecular complexity index is 1130. The van der Waals surface area contributed by atoms with Crippen LogP contribution in [-0.2, 0) is 4.79 Å². The van der Waals surface area contributed by atoms with Gasteiger partial charge >= 0.3 is 0 Å². The topological polar surface area (TPSA) is 22.0 Å². The number of thioether (sulfide) groups is 1. The van der Waals surface area contributed by atoms with Crippen molar-refractivity contribution in [3.05, 3.63) is 96.6 Å². The number of para-hydroxylation sites is 2. The smallest absolute Gasteiger partial charge is 0.186 e. The van der Waals surface area contributed by atoms with Crippen LogP contribution in [0.5, 0.6) is 0 Å². The van der Waals surface area contributed by atoms with Crippen molar-refractivity contribution < 1.29 is 4.79 Å². The highest BCUT2D eigenvalue weighted by Gasteiger charge is 2.17. The van der Waals surface area contributed by atoms with Gasteiger partial charge in [-0.3, -0.25) is 4.79 Å². The lowest BCUT2D eigenvalue weighted by molar-refractivity contribution is -0.109. The van der Waals surface area contributed by atoms with Crippen LogP contribution >= 0.6 is 11.8 Å². The molecule has 0 amide bonds. The molecule has 28 heavy (non-hydrogen) atoms. The van der Waals surface area contributed by atoms with Crippen LogP contribution in [0, 0.1) is 0 Å². The molecule has 138 valence electrons. The molecule has 0 unspecified atom stereocenters. The Hall–Kier alpha value is -3.04. The second kappa shape index (κ2) is 8.32. The van der Waals surface area contributed by atoms with E-state index < -0.39 is 0 Å². The number of rotatable bonds is 5. The molecule has 1 aromatic heterocycles. The number of benzene rings is 3. The number of carbonyl (C=O) groups is 1. The fourth-order valence-corrected chi connectivity index (χ4v) is 3.92. The van der Waals surface area contributed by atoms with E-state index in [1.165, 1.54) is 33.8 Å². The molecule has 0 aliphatic carbocycles. The quantitative estimate of drug-likeness (QED) is 0.388. The van der Waals surface area contributed by atoms with Crippen molar-refractivity contribution >= 4 is 33.9 Å². The summed E-state index contributed by atoms with van der Waals surface area (Å²) >= 11 is 1.33. The van der Waals surface area contributed by atoms with Gasteiger partial charge in [0, 0.05) is 29.3 Å². The van der Waals surface area contributed by atoms with Gasteiger partial charge in [0.2, 0.25) is 0 Å². The maximum absolute atomic E-state index is 11.3. The van der Waals surface area contributed by atoms with Gasteiger partial charge in [0.05, 0.1) is 11.2 Å². The molecule has 0 atom stereocenters. The molecule has 1 heterocycles. The molecular formula is C25H21NOS. The minimum atomic E-state index is 0.139. The lowest BCUT2D eigenvalue weighted by atomic mass is 10.0. The highest BCUT2D eigenvalue weighted by Crippen LogP contribution is 2.37. The van der Waals surface area contributed by atoms with Gasteiger partial charge in [-0.2, -0.15) is 0 Å². The third-order valence-corrected chi connectivity index (χ3v) is 5.41. The summed E-state index contributed by atoms with van der Waals surface area (Å²) in [6.45, 7) is 1.61. The lowest BCUT2D eigenvalue weighted by Gasteiger charge is -2.12. The van der Waals surface area contributed by atoms with Gasteiger partial charge in [0.25, 0.3) is 0 Å². The summed E-state index contributed by atoms with van der Waals surface area (Å²) in [5.41, 5.74) is 5.81. The Morgan fingerprint density at radius 1 is 0.893 bits per heavy atom. The van der Waals surface area contributed by atoms with E-state index in [0.29, 0.717) is 5.75 Å². The Labute approximate surface area is 169 Å². The first-order valence-corrected chi connectivity index (χ1v) is 10.3. The fourth-order valence-electron chi connectivity index (χ4n) is 3.49. The number of fused-ring (bicyclic) bond motifs is 1. The van der Waals surface area contributed by atoms with Crippen molar-refractivity contribution in [1.29, 1.82) is 0 Å². The first kappa shape index (κ1) is 18.3. The molecule has 0 saturated carbocycles. The largest absolute Gasteiger partial charge is 0.309 e. The summed E-state index contributed by atoms with van der Waals surface area (Å²) in [5, 5.41) is 1.34. The third kappa shape index (κ3) is 3.67. The molecule has 0 saturated heterocycles. The molecule has 0 spiro atoms. The van der Waals surface area contributed by atoms with Crippen molar-refractivity contribution in [2.45, 2.75) is 6.92 Å². The van der Waals surface area contributed by atoms with Crippen LogP contribution in [-0.4, -0.2) is 15.4 Å². The maximum Gasteiger partial charge on any atom is 0.186 e. The van der Waals surface area contributed by atoms with E-state index in [1.807, 2.05) is 12.1 Å². The molecule has 0 fully saturated rings. The summed E-state index contributed by atoms with van der Waals surface area (Å²) in [6, 6.07) is 29.4. The van der Waals surface area contributed by atoms with Crippen molar-refractivity contribution in [3.63, 3.8) is 0 Å². The molecule has 3 heteroatoms. The molecular weight excluding hydrogens is 362 g/mol. The lowest BCUT2D eigenvalue weighted by Crippen LogP contribution is -1.97. The van der Waals surface area contributed by atoms with E-state index >= 15 is 0 Å². The minimum absolute atomic E-state index is 0.139. The predicted octanol–water partition coefficient (Wildman–Crippen LogP) is 6.59. The third-order valence-electron chi connectivity index (χ3n) is 4.64. The minimum Gasteiger partial charge on any atom is -0.309 e. The molecule has 4 aromatic rings. The molecule has 2 nitrogen and oxygen atoms in total. The Kier molecular flexibility index (Phi) is 5.45. The Morgan fingerprint density at radius 3 is 2.25 bits per heavy atom. The summed E-state index contributed by atoms with van der Waals surface area (Å²) in [4.78, 5) is 11.3. The number of hydrogen-bond acceptors (Lipinski definition) is 2. The fraction of sp³-hybridized carbons (Fsp3) is 0.0800. The summed E-state index contributed by atoms with van der Waals surface area (Å²) in [5.74, 6) is 0.675. The summed E-state index contributed by atoms with van der Waals surface area (Å²) < 4.78 is 2.32. The predicted molar refractivity (Wildman–Crippen MR) is 121 cm³/mol. The van der Waals surface area contributed by atoms with Gasteiger partial charge in [-0.05, 0) is 23.8 Å². The van der Waals surface area contributed by atoms with Gasteiger partial charge in [-0.25, -0.2) is 0 Å². The molecule has 0 N–H and O–H groups in total. The second-order valence-electron chi connectivity index (χ2n) is 6.52. The Balaban J connectivity index is 1.98. The number of carbonyl (C=O) groups excluding carboxylic acids is 1. The van der Waals surface area contributed by atoms with E-state index in [0.717, 1.165) is 11.4 Å². The molecule has 4 rings (SSSR count). The van der Waals surface area contributed by atoms with Gasteiger partial charge in [0.15, 0.2) is 5.12 Å². The Morgan fingerprint density at radius 2 is 1.54 bits per heavy atom. The van der Waals surface area contributed by atoms with Crippen molar-refractivity contribution in [1.82, 2.24) is 4.57 Å². The van der Waals surface area contributed by atoms with Gasteiger partial charge in [-0.15, -0.1) is 0 Å². The van der Waals surface area contributed by atoms with E-state index in [1.54, 1.807) is 6.92 Å². The second-order valence-corrected chi connectivity index (χ2v) is 7.72. The van der Waals surface area contributed by atoms with Crippen LogP contribution in [0.4, 0.5) is 0 Å². The van der Waals surface area contributed by atoms with Crippen LogP contribution in [0.15, 0.2) is 91.0 Å². The first-order chi connectivity index (χ1) is 13.8. The van der Waals surface area contributed by atoms with E-state index in [2.05, 4.69) is 89.5 Å². The highest BCUT2D eigenvalue weighted by molar-refractivity contribution is 8.13. The molecule has 0 aliphatic rings. The van der Waals surface area contributed by atoms with Gasteiger partial charge in [0.1, 0.15) is 0 Å². The van der Waals surface area contributed by atoms with Gasteiger partial charge in [-0.1, -0.05) is 90.6 Å². The van der Waals surface area contributed by atoms with Crippen LogP contribution in [0.2, 0.25) is 0 Å². The zero-order valence-corrected chi connectivity index (χ0v) is 16.5. The first-order valence-electron chi connectivity index (χ1n) is 9.30. The number of nitrogens with zero attached hydrogens (tertiary/aromatic N) is 1. The highest BCUT2D eigenvalue weighted by atomic mass is 32.2. The van der Waals surface area contributed by atoms with Crippen LogP contribution in [0.1, 0.15) is 12.5 Å². The van der Waals surface area contributed by atoms with E-state index in [9.17, 15) is 4.79 Å². The zero-order chi connectivity index (χ0) is 19.3. The molecule has 0 aliphatic heterocycles. The standard InChI is InChI=1S/C25H21NOS/c1-19(27)28-18-10-16-23-22-15-8-9-17-24(22)26(21-13-6-3-7-14-21)25(23)20-11-4-2-5-12-20/h2-17H,18H2,1H3.